The van der Waals surface area contributed by atoms with Crippen LogP contribution in [-0.2, 0) is 9.59 Å². The van der Waals surface area contributed by atoms with Crippen LogP contribution in [-0.4, -0.2) is 47.9 Å². The molecule has 2 aliphatic rings. The maximum absolute atomic E-state index is 13.0. The molecule has 1 N–H and O–H groups in total. The highest BCUT2D eigenvalue weighted by atomic mass is 19.4. The summed E-state index contributed by atoms with van der Waals surface area (Å²) in [5.74, 6) is -8.00. The topological polar surface area (TPSA) is 49.4 Å². The van der Waals surface area contributed by atoms with Crippen molar-refractivity contribution in [2.45, 2.75) is 37.4 Å². The summed E-state index contributed by atoms with van der Waals surface area (Å²) in [4.78, 5) is 23.1. The molecule has 2 heterocycles. The SMILES string of the molecule is O=C1CCC2CN(C(=O)C(F)(F)C(F)(F)F)CCC2N1. The van der Waals surface area contributed by atoms with Gasteiger partial charge in [0.15, 0.2) is 0 Å². The highest BCUT2D eigenvalue weighted by Crippen LogP contribution is 2.38. The number of amides is 2. The van der Waals surface area contributed by atoms with Crippen molar-refractivity contribution in [2.75, 3.05) is 13.1 Å². The fourth-order valence-corrected chi connectivity index (χ4v) is 2.61. The molecule has 0 aliphatic carbocycles. The molecular formula is C11H13F5N2O2. The van der Waals surface area contributed by atoms with Gasteiger partial charge in [-0.15, -0.1) is 0 Å². The molecule has 0 aromatic rings. The number of hydrogen-bond acceptors (Lipinski definition) is 2. The van der Waals surface area contributed by atoms with Crippen LogP contribution in [0.25, 0.3) is 0 Å². The van der Waals surface area contributed by atoms with Crippen LogP contribution < -0.4 is 5.32 Å². The summed E-state index contributed by atoms with van der Waals surface area (Å²) < 4.78 is 62.5. The Morgan fingerprint density at radius 3 is 2.45 bits per heavy atom. The Morgan fingerprint density at radius 1 is 1.20 bits per heavy atom. The maximum atomic E-state index is 13.0. The summed E-state index contributed by atoms with van der Waals surface area (Å²) in [6.45, 7) is -0.401. The molecule has 0 bridgehead atoms. The first-order valence-corrected chi connectivity index (χ1v) is 6.16. The number of likely N-dealkylation sites (tertiary alicyclic amines) is 1. The first-order valence-electron chi connectivity index (χ1n) is 6.16. The fraction of sp³-hybridized carbons (Fsp3) is 0.818. The largest absolute Gasteiger partial charge is 0.463 e. The van der Waals surface area contributed by atoms with Gasteiger partial charge in [-0.1, -0.05) is 0 Å². The maximum Gasteiger partial charge on any atom is 0.463 e. The van der Waals surface area contributed by atoms with Gasteiger partial charge in [0.25, 0.3) is 0 Å². The van der Waals surface area contributed by atoms with Gasteiger partial charge in [-0.05, 0) is 18.8 Å². The molecule has 2 fully saturated rings. The molecule has 9 heteroatoms. The summed E-state index contributed by atoms with van der Waals surface area (Å²) in [5, 5.41) is 2.66. The molecule has 20 heavy (non-hydrogen) atoms. The van der Waals surface area contributed by atoms with Crippen molar-refractivity contribution in [3.8, 4) is 0 Å². The molecule has 2 aliphatic heterocycles. The number of carbonyl (C=O) groups is 2. The van der Waals surface area contributed by atoms with E-state index in [1.54, 1.807) is 0 Å². The first kappa shape index (κ1) is 15.0. The molecule has 0 saturated carbocycles. The average Bonchev–Trinajstić information content (AvgIpc) is 2.35. The monoisotopic (exact) mass is 300 g/mol. The second-order valence-electron chi connectivity index (χ2n) is 5.08. The first-order chi connectivity index (χ1) is 9.13. The van der Waals surface area contributed by atoms with E-state index in [0.29, 0.717) is 11.3 Å². The van der Waals surface area contributed by atoms with E-state index in [9.17, 15) is 31.5 Å². The summed E-state index contributed by atoms with van der Waals surface area (Å²) >= 11 is 0. The summed E-state index contributed by atoms with van der Waals surface area (Å²) in [6, 6.07) is -0.250. The number of nitrogens with one attached hydrogen (secondary N) is 1. The van der Waals surface area contributed by atoms with Crippen molar-refractivity contribution in [2.24, 2.45) is 5.92 Å². The molecule has 0 radical (unpaired) electrons. The molecule has 2 amide bonds. The number of alkyl halides is 5. The zero-order valence-electron chi connectivity index (χ0n) is 10.3. The lowest BCUT2D eigenvalue weighted by atomic mass is 9.85. The molecule has 0 spiro atoms. The molecule has 0 aromatic carbocycles. The van der Waals surface area contributed by atoms with Gasteiger partial charge in [-0.25, -0.2) is 0 Å². The molecule has 114 valence electrons. The fourth-order valence-electron chi connectivity index (χ4n) is 2.61. The van der Waals surface area contributed by atoms with Crippen molar-refractivity contribution in [1.82, 2.24) is 10.2 Å². The minimum atomic E-state index is -5.89. The van der Waals surface area contributed by atoms with E-state index in [2.05, 4.69) is 5.32 Å². The van der Waals surface area contributed by atoms with E-state index < -0.39 is 18.0 Å². The van der Waals surface area contributed by atoms with Crippen molar-refractivity contribution in [3.63, 3.8) is 0 Å². The average molecular weight is 300 g/mol. The summed E-state index contributed by atoms with van der Waals surface area (Å²) in [6.07, 6.45) is -5.12. The van der Waals surface area contributed by atoms with Crippen molar-refractivity contribution in [3.05, 3.63) is 0 Å². The normalized spacial score (nSPS) is 27.9. The van der Waals surface area contributed by atoms with Crippen LogP contribution in [0.2, 0.25) is 0 Å². The number of rotatable bonds is 1. The molecule has 2 unspecified atom stereocenters. The standard InChI is InChI=1S/C11H13F5N2O2/c12-10(13,11(14,15)16)9(20)18-4-3-7-6(5-18)1-2-8(19)17-7/h6-7H,1-5H2,(H,17,19). The van der Waals surface area contributed by atoms with Crippen LogP contribution in [0.3, 0.4) is 0 Å². The van der Waals surface area contributed by atoms with Gasteiger partial charge in [-0.3, -0.25) is 9.59 Å². The summed E-state index contributed by atoms with van der Waals surface area (Å²) in [7, 11) is 0. The number of carbonyl (C=O) groups excluding carboxylic acids is 2. The van der Waals surface area contributed by atoms with E-state index in [1.165, 1.54) is 0 Å². The minimum absolute atomic E-state index is 0.161. The Labute approximate surface area is 111 Å². The lowest BCUT2D eigenvalue weighted by Gasteiger charge is -2.42. The summed E-state index contributed by atoms with van der Waals surface area (Å²) in [5.41, 5.74) is 0. The Kier molecular flexibility index (Phi) is 3.64. The third-order valence-corrected chi connectivity index (χ3v) is 3.73. The van der Waals surface area contributed by atoms with Crippen LogP contribution in [0.15, 0.2) is 0 Å². The van der Waals surface area contributed by atoms with Crippen LogP contribution in [0.4, 0.5) is 22.0 Å². The lowest BCUT2D eigenvalue weighted by Crippen LogP contribution is -2.59. The van der Waals surface area contributed by atoms with Gasteiger partial charge in [0.1, 0.15) is 0 Å². The van der Waals surface area contributed by atoms with Crippen LogP contribution >= 0.6 is 0 Å². The number of hydrogen-bond donors (Lipinski definition) is 1. The zero-order chi connectivity index (χ0) is 15.1. The predicted octanol–water partition coefficient (Wildman–Crippen LogP) is 1.31. The number of nitrogens with zero attached hydrogens (tertiary/aromatic N) is 1. The second kappa shape index (κ2) is 4.85. The van der Waals surface area contributed by atoms with Crippen molar-refractivity contribution >= 4 is 11.8 Å². The molecule has 0 aromatic heterocycles. The Morgan fingerprint density at radius 2 is 1.85 bits per heavy atom. The molecular weight excluding hydrogens is 287 g/mol. The van der Waals surface area contributed by atoms with Crippen molar-refractivity contribution in [1.29, 1.82) is 0 Å². The quantitative estimate of drug-likeness (QED) is 0.742. The number of piperidine rings is 2. The lowest BCUT2D eigenvalue weighted by molar-refractivity contribution is -0.275. The van der Waals surface area contributed by atoms with Crippen LogP contribution in [0.5, 0.6) is 0 Å². The highest BCUT2D eigenvalue weighted by Gasteiger charge is 2.65. The van der Waals surface area contributed by atoms with Gasteiger partial charge < -0.3 is 10.2 Å². The Bertz CT molecular complexity index is 424. The van der Waals surface area contributed by atoms with E-state index in [-0.39, 0.29) is 43.8 Å². The van der Waals surface area contributed by atoms with Crippen molar-refractivity contribution < 1.29 is 31.5 Å². The van der Waals surface area contributed by atoms with E-state index in [1.807, 2.05) is 0 Å². The van der Waals surface area contributed by atoms with E-state index in [4.69, 9.17) is 0 Å². The second-order valence-corrected chi connectivity index (χ2v) is 5.08. The van der Waals surface area contributed by atoms with Gasteiger partial charge in [0.05, 0.1) is 0 Å². The minimum Gasteiger partial charge on any atom is -0.353 e. The van der Waals surface area contributed by atoms with Gasteiger partial charge in [0, 0.05) is 25.6 Å². The van der Waals surface area contributed by atoms with E-state index >= 15 is 0 Å². The number of halogens is 5. The Balaban J connectivity index is 2.05. The predicted molar refractivity (Wildman–Crippen MR) is 56.9 cm³/mol. The third kappa shape index (κ3) is 2.57. The molecule has 4 nitrogen and oxygen atoms in total. The molecule has 2 rings (SSSR count). The van der Waals surface area contributed by atoms with Gasteiger partial charge >= 0.3 is 18.0 Å². The molecule has 2 saturated heterocycles. The third-order valence-electron chi connectivity index (χ3n) is 3.73. The Hall–Kier alpha value is -1.41. The molecule has 2 atom stereocenters. The number of fused-ring (bicyclic) bond motifs is 1. The van der Waals surface area contributed by atoms with Crippen LogP contribution in [0, 0.1) is 5.92 Å². The van der Waals surface area contributed by atoms with Crippen LogP contribution in [0.1, 0.15) is 19.3 Å². The zero-order valence-corrected chi connectivity index (χ0v) is 10.3. The van der Waals surface area contributed by atoms with Gasteiger partial charge in [0.2, 0.25) is 5.91 Å². The van der Waals surface area contributed by atoms with E-state index in [0.717, 1.165) is 0 Å². The highest BCUT2D eigenvalue weighted by molar-refractivity contribution is 5.84. The van der Waals surface area contributed by atoms with Gasteiger partial charge in [-0.2, -0.15) is 22.0 Å². The smallest absolute Gasteiger partial charge is 0.353 e.